The second-order valence-electron chi connectivity index (χ2n) is 4.13. The van der Waals surface area contributed by atoms with Crippen molar-refractivity contribution in [1.82, 2.24) is 15.2 Å². The third kappa shape index (κ3) is 2.46. The molecule has 1 aliphatic rings. The van der Waals surface area contributed by atoms with Crippen LogP contribution in [0.2, 0.25) is 5.02 Å². The van der Waals surface area contributed by atoms with E-state index in [-0.39, 0.29) is 18.4 Å². The molecule has 1 saturated heterocycles. The Morgan fingerprint density at radius 3 is 3.00 bits per heavy atom. The average Bonchev–Trinajstić information content (AvgIpc) is 2.37. The maximum absolute atomic E-state index is 11.9. The smallest absolute Gasteiger partial charge is 0.243 e. The lowest BCUT2D eigenvalue weighted by atomic mass is 10.1. The fourth-order valence-corrected chi connectivity index (χ4v) is 2.20. The van der Waals surface area contributed by atoms with E-state index in [0.717, 1.165) is 5.56 Å². The maximum Gasteiger partial charge on any atom is 0.243 e. The standard InChI is InChI=1S/C12H14ClN3O2/c1-2-10-12(18)15-6-11(17)16(10)7-8-3-4-14-5-9(8)13/h3-5,10H,2,6-7H2,1H3,(H,15,18). The molecular weight excluding hydrogens is 254 g/mol. The van der Waals surface area contributed by atoms with Crippen LogP contribution in [0.5, 0.6) is 0 Å². The van der Waals surface area contributed by atoms with Gasteiger partial charge in [0.1, 0.15) is 6.04 Å². The van der Waals surface area contributed by atoms with Crippen LogP contribution in [0.1, 0.15) is 18.9 Å². The molecule has 2 rings (SSSR count). The van der Waals surface area contributed by atoms with Crippen molar-refractivity contribution < 1.29 is 9.59 Å². The highest BCUT2D eigenvalue weighted by atomic mass is 35.5. The number of nitrogens with one attached hydrogen (secondary N) is 1. The SMILES string of the molecule is CCC1C(=O)NCC(=O)N1Cc1ccncc1Cl. The Bertz CT molecular complexity index is 478. The second kappa shape index (κ2) is 5.35. The summed E-state index contributed by atoms with van der Waals surface area (Å²) in [5, 5.41) is 3.09. The first-order valence-electron chi connectivity index (χ1n) is 5.79. The average molecular weight is 268 g/mol. The normalized spacial score (nSPS) is 19.9. The van der Waals surface area contributed by atoms with Gasteiger partial charge in [-0.1, -0.05) is 18.5 Å². The molecule has 0 bridgehead atoms. The van der Waals surface area contributed by atoms with Gasteiger partial charge in [0.2, 0.25) is 11.8 Å². The number of aromatic nitrogens is 1. The van der Waals surface area contributed by atoms with E-state index in [1.54, 1.807) is 17.2 Å². The number of halogens is 1. The van der Waals surface area contributed by atoms with E-state index in [9.17, 15) is 9.59 Å². The Labute approximate surface area is 110 Å². The van der Waals surface area contributed by atoms with Crippen molar-refractivity contribution in [2.24, 2.45) is 0 Å². The molecule has 96 valence electrons. The highest BCUT2D eigenvalue weighted by Crippen LogP contribution is 2.19. The van der Waals surface area contributed by atoms with Crippen LogP contribution in [0.3, 0.4) is 0 Å². The van der Waals surface area contributed by atoms with Crippen LogP contribution in [0.25, 0.3) is 0 Å². The molecule has 1 atom stereocenters. The van der Waals surface area contributed by atoms with Gasteiger partial charge in [-0.2, -0.15) is 0 Å². The predicted molar refractivity (Wildman–Crippen MR) is 66.9 cm³/mol. The lowest BCUT2D eigenvalue weighted by molar-refractivity contribution is -0.146. The second-order valence-corrected chi connectivity index (χ2v) is 4.54. The summed E-state index contributed by atoms with van der Waals surface area (Å²) in [5.41, 5.74) is 0.799. The van der Waals surface area contributed by atoms with Gasteiger partial charge in [0.15, 0.2) is 0 Å². The van der Waals surface area contributed by atoms with E-state index < -0.39 is 6.04 Å². The summed E-state index contributed by atoms with van der Waals surface area (Å²) in [6, 6.07) is 1.34. The number of hydrogen-bond donors (Lipinski definition) is 1. The molecule has 0 aliphatic carbocycles. The summed E-state index contributed by atoms with van der Waals surface area (Å²) in [4.78, 5) is 29.0. The van der Waals surface area contributed by atoms with E-state index in [0.29, 0.717) is 18.0 Å². The number of rotatable bonds is 3. The summed E-state index contributed by atoms with van der Waals surface area (Å²) in [7, 11) is 0. The van der Waals surface area contributed by atoms with Crippen LogP contribution in [-0.4, -0.2) is 34.3 Å². The van der Waals surface area contributed by atoms with Crippen LogP contribution in [0.4, 0.5) is 0 Å². The maximum atomic E-state index is 11.9. The van der Waals surface area contributed by atoms with Gasteiger partial charge in [0.05, 0.1) is 11.6 Å². The van der Waals surface area contributed by atoms with Crippen molar-refractivity contribution in [3.63, 3.8) is 0 Å². The van der Waals surface area contributed by atoms with Crippen LogP contribution in [0, 0.1) is 0 Å². The van der Waals surface area contributed by atoms with Crippen molar-refractivity contribution >= 4 is 23.4 Å². The highest BCUT2D eigenvalue weighted by Gasteiger charge is 2.33. The molecule has 5 nitrogen and oxygen atoms in total. The van der Waals surface area contributed by atoms with Crippen LogP contribution < -0.4 is 5.32 Å². The lowest BCUT2D eigenvalue weighted by Crippen LogP contribution is -2.57. The Morgan fingerprint density at radius 2 is 2.33 bits per heavy atom. The molecule has 1 aromatic heterocycles. The summed E-state index contributed by atoms with van der Waals surface area (Å²) in [6.45, 7) is 2.27. The molecule has 0 spiro atoms. The largest absolute Gasteiger partial charge is 0.345 e. The molecule has 1 aliphatic heterocycles. The molecule has 1 unspecified atom stereocenters. The highest BCUT2D eigenvalue weighted by molar-refractivity contribution is 6.31. The first kappa shape index (κ1) is 12.8. The molecule has 0 saturated carbocycles. The third-order valence-electron chi connectivity index (χ3n) is 3.00. The van der Waals surface area contributed by atoms with E-state index in [2.05, 4.69) is 10.3 Å². The molecule has 18 heavy (non-hydrogen) atoms. The van der Waals surface area contributed by atoms with Gasteiger partial charge in [-0.3, -0.25) is 14.6 Å². The molecule has 6 heteroatoms. The Hall–Kier alpha value is -1.62. The topological polar surface area (TPSA) is 62.3 Å². The minimum atomic E-state index is -0.421. The van der Waals surface area contributed by atoms with Crippen molar-refractivity contribution in [2.75, 3.05) is 6.54 Å². The van der Waals surface area contributed by atoms with Crippen LogP contribution in [0.15, 0.2) is 18.5 Å². The molecule has 1 fully saturated rings. The van der Waals surface area contributed by atoms with Crippen LogP contribution in [-0.2, 0) is 16.1 Å². The molecular formula is C12H14ClN3O2. The number of hydrogen-bond acceptors (Lipinski definition) is 3. The number of nitrogens with zero attached hydrogens (tertiary/aromatic N) is 2. The first-order chi connectivity index (χ1) is 8.63. The summed E-state index contributed by atoms with van der Waals surface area (Å²) in [5.74, 6) is -0.198. The van der Waals surface area contributed by atoms with Gasteiger partial charge in [-0.25, -0.2) is 0 Å². The van der Waals surface area contributed by atoms with E-state index in [4.69, 9.17) is 11.6 Å². The van der Waals surface area contributed by atoms with E-state index >= 15 is 0 Å². The molecule has 0 aromatic carbocycles. The zero-order chi connectivity index (χ0) is 13.1. The van der Waals surface area contributed by atoms with Gasteiger partial charge in [0, 0.05) is 18.9 Å². The molecule has 1 N–H and O–H groups in total. The van der Waals surface area contributed by atoms with Crippen molar-refractivity contribution in [1.29, 1.82) is 0 Å². The minimum absolute atomic E-state index is 0.0536. The number of carbonyl (C=O) groups is 2. The van der Waals surface area contributed by atoms with Gasteiger partial charge >= 0.3 is 0 Å². The quantitative estimate of drug-likeness (QED) is 0.888. The summed E-state index contributed by atoms with van der Waals surface area (Å²) >= 11 is 6.02. The zero-order valence-electron chi connectivity index (χ0n) is 10.0. The Kier molecular flexibility index (Phi) is 3.81. The van der Waals surface area contributed by atoms with Gasteiger partial charge in [0.25, 0.3) is 0 Å². The predicted octanol–water partition coefficient (Wildman–Crippen LogP) is 0.972. The van der Waals surface area contributed by atoms with E-state index in [1.807, 2.05) is 6.92 Å². The first-order valence-corrected chi connectivity index (χ1v) is 6.17. The van der Waals surface area contributed by atoms with Gasteiger partial charge in [-0.15, -0.1) is 0 Å². The van der Waals surface area contributed by atoms with Gasteiger partial charge in [-0.05, 0) is 18.1 Å². The number of piperazine rings is 1. The molecule has 0 radical (unpaired) electrons. The third-order valence-corrected chi connectivity index (χ3v) is 3.34. The minimum Gasteiger partial charge on any atom is -0.345 e. The number of amides is 2. The fourth-order valence-electron chi connectivity index (χ4n) is 2.02. The van der Waals surface area contributed by atoms with Crippen molar-refractivity contribution in [2.45, 2.75) is 25.9 Å². The van der Waals surface area contributed by atoms with Crippen molar-refractivity contribution in [3.05, 3.63) is 29.0 Å². The Morgan fingerprint density at radius 1 is 1.56 bits per heavy atom. The number of pyridine rings is 1. The Balaban J connectivity index is 2.22. The van der Waals surface area contributed by atoms with E-state index in [1.165, 1.54) is 6.20 Å². The molecule has 1 aromatic rings. The zero-order valence-corrected chi connectivity index (χ0v) is 10.8. The lowest BCUT2D eigenvalue weighted by Gasteiger charge is -2.34. The summed E-state index contributed by atoms with van der Waals surface area (Å²) in [6.07, 6.45) is 3.74. The fraction of sp³-hybridized carbons (Fsp3) is 0.417. The monoisotopic (exact) mass is 267 g/mol. The molecule has 2 amide bonds. The molecule has 2 heterocycles. The number of carbonyl (C=O) groups excluding carboxylic acids is 2. The summed E-state index contributed by atoms with van der Waals surface area (Å²) < 4.78 is 0. The van der Waals surface area contributed by atoms with Gasteiger partial charge < -0.3 is 10.2 Å². The van der Waals surface area contributed by atoms with Crippen LogP contribution >= 0.6 is 11.6 Å². The van der Waals surface area contributed by atoms with Crippen molar-refractivity contribution in [3.8, 4) is 0 Å².